The van der Waals surface area contributed by atoms with E-state index < -0.39 is 10.1 Å². The number of aromatic nitrogens is 1. The summed E-state index contributed by atoms with van der Waals surface area (Å²) < 4.78 is 37.1. The maximum Gasteiger partial charge on any atom is 0.261 e. The molecule has 2 N–H and O–H groups in total. The van der Waals surface area contributed by atoms with Crippen LogP contribution in [-0.2, 0) is 23.0 Å². The summed E-state index contributed by atoms with van der Waals surface area (Å²) in [6.07, 6.45) is 9.13. The van der Waals surface area contributed by atoms with Gasteiger partial charge in [-0.05, 0) is 84.5 Å². The zero-order valence-corrected chi connectivity index (χ0v) is 20.5. The van der Waals surface area contributed by atoms with Gasteiger partial charge in [-0.25, -0.2) is 0 Å². The van der Waals surface area contributed by atoms with Crippen molar-refractivity contribution in [2.24, 2.45) is 11.8 Å². The standard InChI is InChI=1S/C24H28N2O2.CH4O3S/c1-4-25-16-10-21-19-12-23(28-3)22(27-2)11-18(19)17-8-14-6-5-7-15(14)9-20(17)24(21)26-13-16;1-5(2,3)4/h10-15,25H,4-9H2,1-3H3;1H3,(H,2,3,4). The second-order valence-corrected chi connectivity index (χ2v) is 10.4. The van der Waals surface area contributed by atoms with Gasteiger partial charge in [0.05, 0.1) is 37.9 Å². The van der Waals surface area contributed by atoms with Crippen molar-refractivity contribution >= 4 is 37.5 Å². The van der Waals surface area contributed by atoms with Gasteiger partial charge < -0.3 is 14.8 Å². The van der Waals surface area contributed by atoms with Crippen molar-refractivity contribution in [3.63, 3.8) is 0 Å². The minimum atomic E-state index is -3.67. The quantitative estimate of drug-likeness (QED) is 0.413. The number of anilines is 1. The number of hydrogen-bond donors (Lipinski definition) is 2. The fraction of sp³-hybridized carbons (Fsp3) is 0.480. The van der Waals surface area contributed by atoms with Crippen LogP contribution in [0.5, 0.6) is 11.5 Å². The van der Waals surface area contributed by atoms with Crippen LogP contribution in [0, 0.1) is 11.8 Å². The normalized spacial score (nSPS) is 19.4. The van der Waals surface area contributed by atoms with E-state index in [1.54, 1.807) is 14.2 Å². The lowest BCUT2D eigenvalue weighted by Gasteiger charge is -2.30. The van der Waals surface area contributed by atoms with Crippen LogP contribution in [0.2, 0.25) is 0 Å². The zero-order chi connectivity index (χ0) is 23.8. The number of nitrogens with zero attached hydrogens (tertiary/aromatic N) is 1. The fourth-order valence-electron chi connectivity index (χ4n) is 5.50. The molecule has 7 nitrogen and oxygen atoms in total. The first-order chi connectivity index (χ1) is 15.7. The molecule has 0 aliphatic heterocycles. The van der Waals surface area contributed by atoms with Gasteiger partial charge in [0.15, 0.2) is 11.5 Å². The molecule has 2 aromatic carbocycles. The van der Waals surface area contributed by atoms with E-state index in [2.05, 4.69) is 30.4 Å². The number of hydrogen-bond acceptors (Lipinski definition) is 6. The average molecular weight is 473 g/mol. The lowest BCUT2D eigenvalue weighted by Crippen LogP contribution is -2.21. The van der Waals surface area contributed by atoms with Gasteiger partial charge in [-0.15, -0.1) is 0 Å². The molecule has 0 amide bonds. The summed E-state index contributed by atoms with van der Waals surface area (Å²) in [4.78, 5) is 4.94. The zero-order valence-electron chi connectivity index (χ0n) is 19.6. The molecule has 2 unspecified atom stereocenters. The third-order valence-corrected chi connectivity index (χ3v) is 6.81. The molecule has 5 rings (SSSR count). The van der Waals surface area contributed by atoms with E-state index in [-0.39, 0.29) is 0 Å². The highest BCUT2D eigenvalue weighted by Gasteiger charge is 2.34. The Bertz CT molecular complexity index is 1280. The van der Waals surface area contributed by atoms with Crippen LogP contribution in [0.25, 0.3) is 21.7 Å². The Balaban J connectivity index is 0.000000471. The van der Waals surface area contributed by atoms with Crippen LogP contribution in [0.3, 0.4) is 0 Å². The topological polar surface area (TPSA) is 97.8 Å². The molecule has 0 spiro atoms. The first-order valence-corrected chi connectivity index (χ1v) is 13.2. The number of ether oxygens (including phenoxy) is 2. The molecule has 2 aliphatic carbocycles. The van der Waals surface area contributed by atoms with Gasteiger partial charge >= 0.3 is 0 Å². The van der Waals surface area contributed by atoms with Crippen LogP contribution < -0.4 is 14.8 Å². The molecule has 2 aliphatic rings. The predicted molar refractivity (Wildman–Crippen MR) is 132 cm³/mol. The second-order valence-electron chi connectivity index (χ2n) is 8.95. The maximum absolute atomic E-state index is 9.19. The SMILES string of the molecule is CCNc1cnc2c3c(c4cc(OC)c(OC)cc4c2c1)CC1CCCC1C3.CS(=O)(=O)O. The molecule has 0 saturated heterocycles. The predicted octanol–water partition coefficient (Wildman–Crippen LogP) is 4.86. The second kappa shape index (κ2) is 9.35. The van der Waals surface area contributed by atoms with Crippen molar-refractivity contribution in [1.29, 1.82) is 0 Å². The summed E-state index contributed by atoms with van der Waals surface area (Å²) >= 11 is 0. The fourth-order valence-corrected chi connectivity index (χ4v) is 5.50. The molecule has 1 heterocycles. The Labute approximate surface area is 195 Å². The van der Waals surface area contributed by atoms with E-state index in [9.17, 15) is 8.42 Å². The monoisotopic (exact) mass is 472 g/mol. The first-order valence-electron chi connectivity index (χ1n) is 11.4. The molecule has 0 radical (unpaired) electrons. The van der Waals surface area contributed by atoms with E-state index in [1.807, 2.05) is 6.20 Å². The van der Waals surface area contributed by atoms with Gasteiger partial charge in [-0.1, -0.05) is 6.42 Å². The molecular formula is C25H32N2O5S. The molecular weight excluding hydrogens is 440 g/mol. The highest BCUT2D eigenvalue weighted by molar-refractivity contribution is 7.85. The largest absolute Gasteiger partial charge is 0.493 e. The smallest absolute Gasteiger partial charge is 0.261 e. The Morgan fingerprint density at radius 2 is 1.58 bits per heavy atom. The number of methoxy groups -OCH3 is 2. The Hall–Kier alpha value is -2.58. The van der Waals surface area contributed by atoms with E-state index in [4.69, 9.17) is 19.0 Å². The van der Waals surface area contributed by atoms with Crippen molar-refractivity contribution in [2.45, 2.75) is 39.0 Å². The van der Waals surface area contributed by atoms with Gasteiger partial charge in [0.2, 0.25) is 0 Å². The van der Waals surface area contributed by atoms with Crippen molar-refractivity contribution < 1.29 is 22.4 Å². The van der Waals surface area contributed by atoms with Gasteiger partial charge in [0, 0.05) is 11.9 Å². The summed E-state index contributed by atoms with van der Waals surface area (Å²) in [5.41, 5.74) is 5.18. The average Bonchev–Trinajstić information content (AvgIpc) is 3.23. The molecule has 3 aromatic rings. The van der Waals surface area contributed by atoms with Crippen LogP contribution in [0.4, 0.5) is 5.69 Å². The maximum atomic E-state index is 9.19. The lowest BCUT2D eigenvalue weighted by atomic mass is 9.75. The number of fused-ring (bicyclic) bond motifs is 7. The first kappa shape index (κ1) is 23.6. The molecule has 1 fully saturated rings. The van der Waals surface area contributed by atoms with Crippen LogP contribution in [0.15, 0.2) is 24.4 Å². The third kappa shape index (κ3) is 4.87. The van der Waals surface area contributed by atoms with Gasteiger partial charge in [-0.2, -0.15) is 8.42 Å². The highest BCUT2D eigenvalue weighted by Crippen LogP contribution is 2.47. The van der Waals surface area contributed by atoms with Gasteiger partial charge in [0.1, 0.15) is 0 Å². The third-order valence-electron chi connectivity index (χ3n) is 6.81. The Morgan fingerprint density at radius 1 is 1.00 bits per heavy atom. The number of rotatable bonds is 4. The number of benzene rings is 2. The summed E-state index contributed by atoms with van der Waals surface area (Å²) in [7, 11) is -0.245. The van der Waals surface area contributed by atoms with Crippen LogP contribution in [0.1, 0.15) is 37.3 Å². The molecule has 33 heavy (non-hydrogen) atoms. The number of nitrogens with one attached hydrogen (secondary N) is 1. The minimum absolute atomic E-state index is 0.715. The van der Waals surface area contributed by atoms with Crippen LogP contribution in [-0.4, -0.2) is 45.0 Å². The highest BCUT2D eigenvalue weighted by atomic mass is 32.2. The Morgan fingerprint density at radius 3 is 2.15 bits per heavy atom. The van der Waals surface area contributed by atoms with Crippen molar-refractivity contribution in [1.82, 2.24) is 4.98 Å². The molecule has 178 valence electrons. The Kier molecular flexibility index (Phi) is 6.68. The van der Waals surface area contributed by atoms with Crippen molar-refractivity contribution in [3.8, 4) is 11.5 Å². The summed E-state index contributed by atoms with van der Waals surface area (Å²) in [5, 5.41) is 7.15. The molecule has 1 saturated carbocycles. The van der Waals surface area contributed by atoms with Crippen molar-refractivity contribution in [3.05, 3.63) is 35.5 Å². The van der Waals surface area contributed by atoms with E-state index in [0.717, 1.165) is 42.0 Å². The molecule has 1 aromatic heterocycles. The minimum Gasteiger partial charge on any atom is -0.493 e. The van der Waals surface area contributed by atoms with E-state index >= 15 is 0 Å². The summed E-state index contributed by atoms with van der Waals surface area (Å²) in [5.74, 6) is 3.23. The van der Waals surface area contributed by atoms with E-state index in [0.29, 0.717) is 6.26 Å². The summed E-state index contributed by atoms with van der Waals surface area (Å²) in [6.45, 7) is 3.00. The lowest BCUT2D eigenvalue weighted by molar-refractivity contribution is 0.355. The van der Waals surface area contributed by atoms with Crippen LogP contribution >= 0.6 is 0 Å². The molecule has 2 atom stereocenters. The molecule has 8 heteroatoms. The van der Waals surface area contributed by atoms with E-state index in [1.165, 1.54) is 58.5 Å². The van der Waals surface area contributed by atoms with Gasteiger partial charge in [-0.3, -0.25) is 9.54 Å². The van der Waals surface area contributed by atoms with Crippen molar-refractivity contribution in [2.75, 3.05) is 32.3 Å². The molecule has 0 bridgehead atoms. The van der Waals surface area contributed by atoms with Gasteiger partial charge in [0.25, 0.3) is 10.1 Å². The number of pyridine rings is 1. The summed E-state index contributed by atoms with van der Waals surface area (Å²) in [6, 6.07) is 6.57.